The van der Waals surface area contributed by atoms with Gasteiger partial charge in [-0.25, -0.2) is 31.2 Å². The first kappa shape index (κ1) is 33.7. The van der Waals surface area contributed by atoms with Crippen molar-refractivity contribution in [1.82, 2.24) is 34.4 Å². The summed E-state index contributed by atoms with van der Waals surface area (Å²) in [4.78, 5) is 19.1. The number of pyridine rings is 1. The Morgan fingerprint density at radius 1 is 1.06 bits per heavy atom. The number of benzene rings is 1. The van der Waals surface area contributed by atoms with Gasteiger partial charge in [-0.1, -0.05) is 36.7 Å². The molecule has 6 rings (SSSR count). The number of aromatic nitrogens is 6. The van der Waals surface area contributed by atoms with Gasteiger partial charge in [0.05, 0.1) is 22.8 Å². The quantitative estimate of drug-likeness (QED) is 0.188. The van der Waals surface area contributed by atoms with E-state index >= 15 is 0 Å². The molecule has 0 saturated carbocycles. The molecular formula is C30H32ClFN8O6S2. The number of hydrogen-bond acceptors (Lipinski definition) is 13. The van der Waals surface area contributed by atoms with E-state index in [9.17, 15) is 21.2 Å². The van der Waals surface area contributed by atoms with Gasteiger partial charge in [-0.3, -0.25) is 9.30 Å². The maximum Gasteiger partial charge on any atom is 0.252 e. The summed E-state index contributed by atoms with van der Waals surface area (Å²) in [6.45, 7) is 5.76. The minimum absolute atomic E-state index is 0.0442. The van der Waals surface area contributed by atoms with E-state index in [1.807, 2.05) is 13.8 Å². The number of fused-ring (bicyclic) bond motifs is 1. The molecule has 0 radical (unpaired) electrons. The summed E-state index contributed by atoms with van der Waals surface area (Å²) in [6.07, 6.45) is 3.50. The molecule has 1 aliphatic rings. The SMILES string of the molecule is CC(C)c1noc(CN2CCC(Oc3cc(Nc4ccc(S(C)(=O)=O)cc4F)nc(S(=O)(=O)Cc4nc5ccccn5c4Cl)n3)CC2)n1. The van der Waals surface area contributed by atoms with Crippen LogP contribution in [0, 0.1) is 5.82 Å². The first-order valence-corrected chi connectivity index (χ1v) is 18.9. The number of nitrogens with one attached hydrogen (secondary N) is 1. The molecule has 0 bridgehead atoms. The number of rotatable bonds is 11. The zero-order valence-corrected chi connectivity index (χ0v) is 28.6. The molecule has 14 nitrogen and oxygen atoms in total. The maximum atomic E-state index is 15.0. The van der Waals surface area contributed by atoms with E-state index in [2.05, 4.69) is 35.3 Å². The summed E-state index contributed by atoms with van der Waals surface area (Å²) in [6, 6.07) is 9.86. The van der Waals surface area contributed by atoms with Crippen molar-refractivity contribution in [3.63, 3.8) is 0 Å². The van der Waals surface area contributed by atoms with Crippen LogP contribution in [0.5, 0.6) is 5.88 Å². The van der Waals surface area contributed by atoms with Gasteiger partial charge in [-0.2, -0.15) is 9.97 Å². The molecule has 1 N–H and O–H groups in total. The molecule has 18 heteroatoms. The summed E-state index contributed by atoms with van der Waals surface area (Å²) in [7, 11) is -7.91. The van der Waals surface area contributed by atoms with Crippen LogP contribution in [-0.2, 0) is 32.0 Å². The molecule has 1 aromatic carbocycles. The molecule has 4 aromatic heterocycles. The molecule has 1 saturated heterocycles. The van der Waals surface area contributed by atoms with Crippen molar-refractivity contribution >= 4 is 48.4 Å². The van der Waals surface area contributed by atoms with Crippen LogP contribution in [0.1, 0.15) is 50.0 Å². The number of sulfone groups is 2. The molecule has 0 atom stereocenters. The Hall–Kier alpha value is -4.19. The van der Waals surface area contributed by atoms with Crippen molar-refractivity contribution in [1.29, 1.82) is 0 Å². The number of anilines is 2. The van der Waals surface area contributed by atoms with Crippen LogP contribution in [0.2, 0.25) is 5.15 Å². The smallest absolute Gasteiger partial charge is 0.252 e. The van der Waals surface area contributed by atoms with Crippen molar-refractivity contribution in [2.45, 2.75) is 61.1 Å². The first-order chi connectivity index (χ1) is 22.7. The second-order valence-corrected chi connectivity index (χ2v) is 16.0. The largest absolute Gasteiger partial charge is 0.474 e. The normalized spacial score (nSPS) is 15.0. The van der Waals surface area contributed by atoms with Gasteiger partial charge in [0, 0.05) is 37.5 Å². The molecule has 1 aliphatic heterocycles. The van der Waals surface area contributed by atoms with E-state index in [-0.39, 0.29) is 45.1 Å². The monoisotopic (exact) mass is 718 g/mol. The van der Waals surface area contributed by atoms with Crippen LogP contribution in [-0.4, -0.2) is 76.7 Å². The number of piperidine rings is 1. The van der Waals surface area contributed by atoms with Gasteiger partial charge in [-0.15, -0.1) is 0 Å². The van der Waals surface area contributed by atoms with Crippen molar-refractivity contribution in [2.24, 2.45) is 0 Å². The van der Waals surface area contributed by atoms with Crippen LogP contribution >= 0.6 is 11.6 Å². The zero-order valence-electron chi connectivity index (χ0n) is 26.2. The lowest BCUT2D eigenvalue weighted by Gasteiger charge is -2.30. The number of nitrogens with zero attached hydrogens (tertiary/aromatic N) is 7. The highest BCUT2D eigenvalue weighted by molar-refractivity contribution is 7.90. The first-order valence-electron chi connectivity index (χ1n) is 15.0. The average molecular weight is 719 g/mol. The summed E-state index contributed by atoms with van der Waals surface area (Å²) >= 11 is 6.45. The Morgan fingerprint density at radius 2 is 1.83 bits per heavy atom. The maximum absolute atomic E-state index is 15.0. The summed E-state index contributed by atoms with van der Waals surface area (Å²) in [5, 5.41) is 6.29. The molecule has 1 fully saturated rings. The molecule has 48 heavy (non-hydrogen) atoms. The number of ether oxygens (including phenoxy) is 1. The van der Waals surface area contributed by atoms with Crippen LogP contribution in [0.4, 0.5) is 15.9 Å². The highest BCUT2D eigenvalue weighted by atomic mass is 35.5. The van der Waals surface area contributed by atoms with Crippen molar-refractivity contribution in [3.8, 4) is 5.88 Å². The fourth-order valence-electron chi connectivity index (χ4n) is 5.10. The Morgan fingerprint density at radius 3 is 2.50 bits per heavy atom. The lowest BCUT2D eigenvalue weighted by molar-refractivity contribution is 0.0865. The van der Waals surface area contributed by atoms with Gasteiger partial charge < -0.3 is 14.6 Å². The molecular weight excluding hydrogens is 687 g/mol. The highest BCUT2D eigenvalue weighted by Gasteiger charge is 2.28. The van der Waals surface area contributed by atoms with Gasteiger partial charge in [0.1, 0.15) is 34.3 Å². The molecule has 0 aliphatic carbocycles. The van der Waals surface area contributed by atoms with Crippen molar-refractivity contribution in [2.75, 3.05) is 24.7 Å². The number of likely N-dealkylation sites (tertiary alicyclic amines) is 1. The van der Waals surface area contributed by atoms with E-state index in [1.165, 1.54) is 18.2 Å². The van der Waals surface area contributed by atoms with Crippen LogP contribution in [0.3, 0.4) is 0 Å². The number of halogens is 2. The lowest BCUT2D eigenvalue weighted by Crippen LogP contribution is -2.38. The van der Waals surface area contributed by atoms with Gasteiger partial charge in [0.15, 0.2) is 15.7 Å². The van der Waals surface area contributed by atoms with Gasteiger partial charge in [0.2, 0.25) is 21.6 Å². The fourth-order valence-corrected chi connectivity index (χ4v) is 7.22. The Balaban J connectivity index is 1.24. The van der Waals surface area contributed by atoms with E-state index in [0.717, 1.165) is 12.3 Å². The molecule has 5 heterocycles. The molecule has 0 unspecified atom stereocenters. The van der Waals surface area contributed by atoms with E-state index in [0.29, 0.717) is 49.8 Å². The van der Waals surface area contributed by atoms with E-state index < -0.39 is 36.4 Å². The third-order valence-corrected chi connectivity index (χ3v) is 10.5. The summed E-state index contributed by atoms with van der Waals surface area (Å²) in [5.74, 6) is -0.284. The molecule has 0 amide bonds. The second-order valence-electron chi connectivity index (χ2n) is 11.7. The Bertz CT molecular complexity index is 2180. The zero-order chi connectivity index (χ0) is 34.2. The molecule has 0 spiro atoms. The third kappa shape index (κ3) is 7.59. The van der Waals surface area contributed by atoms with Crippen LogP contribution < -0.4 is 10.1 Å². The van der Waals surface area contributed by atoms with E-state index in [4.69, 9.17) is 20.9 Å². The molecule has 5 aromatic rings. The number of imidazole rings is 1. The summed E-state index contributed by atoms with van der Waals surface area (Å²) in [5.41, 5.74) is 0.435. The predicted molar refractivity (Wildman–Crippen MR) is 173 cm³/mol. The number of hydrogen-bond donors (Lipinski definition) is 1. The minimum atomic E-state index is -4.25. The standard InChI is InChI=1S/C30H32ClFN8O6S2/c1-18(2)29-36-27(46-38-29)16-39-12-9-19(10-13-39)45-26-15-24(33-22-8-7-20(14-21(22)32)47(3,41)42)35-30(37-26)48(43,44)17-23-28(31)40-11-5-4-6-25(40)34-23/h4-8,11,14-15,18-19H,9-10,12-13,16-17H2,1-3H3,(H,33,35,37). The van der Waals surface area contributed by atoms with Crippen LogP contribution in [0.15, 0.2) is 63.2 Å². The average Bonchev–Trinajstić information content (AvgIpc) is 3.63. The van der Waals surface area contributed by atoms with Crippen molar-refractivity contribution < 1.29 is 30.5 Å². The highest BCUT2D eigenvalue weighted by Crippen LogP contribution is 2.28. The Kier molecular flexibility index (Phi) is 9.39. The van der Waals surface area contributed by atoms with E-state index in [1.54, 1.807) is 28.8 Å². The molecule has 254 valence electrons. The third-order valence-electron chi connectivity index (χ3n) is 7.64. The summed E-state index contributed by atoms with van der Waals surface area (Å²) < 4.78 is 79.2. The van der Waals surface area contributed by atoms with Gasteiger partial charge >= 0.3 is 0 Å². The van der Waals surface area contributed by atoms with Crippen molar-refractivity contribution in [3.05, 3.63) is 77.0 Å². The van der Waals surface area contributed by atoms with Crippen LogP contribution in [0.25, 0.3) is 5.65 Å². The fraction of sp³-hybridized carbons (Fsp3) is 0.367. The second kappa shape index (κ2) is 13.4. The minimum Gasteiger partial charge on any atom is -0.474 e. The topological polar surface area (TPSA) is 175 Å². The van der Waals surface area contributed by atoms with Gasteiger partial charge in [0.25, 0.3) is 5.16 Å². The lowest BCUT2D eigenvalue weighted by atomic mass is 10.1. The Labute approximate surface area is 281 Å². The predicted octanol–water partition coefficient (Wildman–Crippen LogP) is 4.59. The van der Waals surface area contributed by atoms with Gasteiger partial charge in [-0.05, 0) is 43.2 Å².